The molecule has 2 aliphatic heterocycles. The lowest BCUT2D eigenvalue weighted by molar-refractivity contribution is -0.125. The Kier molecular flexibility index (Phi) is 2.96. The van der Waals surface area contributed by atoms with Crippen LogP contribution >= 0.6 is 0 Å². The third kappa shape index (κ3) is 2.11. The Morgan fingerprint density at radius 2 is 2.09 bits per heavy atom. The average molecular weight is 297 g/mol. The van der Waals surface area contributed by atoms with Gasteiger partial charge in [-0.15, -0.1) is 0 Å². The number of ether oxygens (including phenoxy) is 1. The zero-order chi connectivity index (χ0) is 16.1. The van der Waals surface area contributed by atoms with E-state index in [2.05, 4.69) is 11.4 Å². The molecule has 1 atom stereocenters. The molecule has 1 saturated heterocycles. The maximum absolute atomic E-state index is 12.3. The standard InChI is InChI=1S/C16H15N3O3/c1-16(2)7-11(13-14(20)19(3)15(21)18-13)10-6-9(8-17)4-5-12(10)22-16/h4-7,13H,1-3H3,(H,18,21). The second-order valence-corrected chi connectivity index (χ2v) is 5.91. The number of hydrogen-bond donors (Lipinski definition) is 1. The number of carbonyl (C=O) groups excluding carboxylic acids is 2. The fourth-order valence-electron chi connectivity index (χ4n) is 2.70. The van der Waals surface area contributed by atoms with Crippen LogP contribution in [-0.4, -0.2) is 35.5 Å². The predicted octanol–water partition coefficient (Wildman–Crippen LogP) is 1.66. The van der Waals surface area contributed by atoms with Crippen molar-refractivity contribution < 1.29 is 14.3 Å². The summed E-state index contributed by atoms with van der Waals surface area (Å²) in [6.07, 6.45) is 1.82. The Bertz CT molecular complexity index is 758. The van der Waals surface area contributed by atoms with Gasteiger partial charge in [-0.05, 0) is 43.7 Å². The summed E-state index contributed by atoms with van der Waals surface area (Å²) in [7, 11) is 1.44. The van der Waals surface area contributed by atoms with Gasteiger partial charge in [0.15, 0.2) is 0 Å². The maximum atomic E-state index is 12.3. The van der Waals surface area contributed by atoms with Crippen molar-refractivity contribution in [1.82, 2.24) is 10.2 Å². The number of amides is 3. The van der Waals surface area contributed by atoms with Crippen molar-refractivity contribution in [2.75, 3.05) is 7.05 Å². The highest BCUT2D eigenvalue weighted by Gasteiger charge is 2.41. The molecule has 0 bridgehead atoms. The quantitative estimate of drug-likeness (QED) is 0.799. The number of nitriles is 1. The second kappa shape index (κ2) is 4.60. The Morgan fingerprint density at radius 1 is 1.36 bits per heavy atom. The Morgan fingerprint density at radius 3 is 2.68 bits per heavy atom. The fraction of sp³-hybridized carbons (Fsp3) is 0.312. The van der Waals surface area contributed by atoms with E-state index in [1.807, 2.05) is 19.9 Å². The van der Waals surface area contributed by atoms with E-state index < -0.39 is 17.7 Å². The first kappa shape index (κ1) is 14.1. The molecular weight excluding hydrogens is 282 g/mol. The Balaban J connectivity index is 2.14. The number of urea groups is 1. The normalized spacial score (nSPS) is 22.4. The summed E-state index contributed by atoms with van der Waals surface area (Å²) in [6, 6.07) is 5.94. The summed E-state index contributed by atoms with van der Waals surface area (Å²) >= 11 is 0. The third-order valence-corrected chi connectivity index (χ3v) is 3.76. The molecule has 0 radical (unpaired) electrons. The summed E-state index contributed by atoms with van der Waals surface area (Å²) in [5.41, 5.74) is 1.18. The largest absolute Gasteiger partial charge is 0.483 e. The molecule has 0 aromatic heterocycles. The van der Waals surface area contributed by atoms with Crippen molar-refractivity contribution in [3.8, 4) is 11.8 Å². The van der Waals surface area contributed by atoms with Crippen LogP contribution in [-0.2, 0) is 4.79 Å². The van der Waals surface area contributed by atoms with Crippen molar-refractivity contribution in [3.63, 3.8) is 0 Å². The van der Waals surface area contributed by atoms with E-state index in [1.54, 1.807) is 18.2 Å². The third-order valence-electron chi connectivity index (χ3n) is 3.76. The van der Waals surface area contributed by atoms with Crippen LogP contribution in [0.1, 0.15) is 25.0 Å². The van der Waals surface area contributed by atoms with Crippen LogP contribution in [0, 0.1) is 11.3 Å². The first-order valence-corrected chi connectivity index (χ1v) is 6.87. The van der Waals surface area contributed by atoms with Gasteiger partial charge in [-0.25, -0.2) is 4.79 Å². The Labute approximate surface area is 128 Å². The lowest BCUT2D eigenvalue weighted by Crippen LogP contribution is -2.36. The van der Waals surface area contributed by atoms with Crippen LogP contribution in [0.15, 0.2) is 24.3 Å². The van der Waals surface area contributed by atoms with Crippen molar-refractivity contribution in [3.05, 3.63) is 35.4 Å². The highest BCUT2D eigenvalue weighted by Crippen LogP contribution is 2.39. The van der Waals surface area contributed by atoms with Gasteiger partial charge in [-0.1, -0.05) is 0 Å². The maximum Gasteiger partial charge on any atom is 0.324 e. The number of nitrogens with zero attached hydrogens (tertiary/aromatic N) is 2. The number of likely N-dealkylation sites (N-methyl/N-ethyl adjacent to an activating group) is 1. The molecule has 1 N–H and O–H groups in total. The van der Waals surface area contributed by atoms with Gasteiger partial charge in [-0.3, -0.25) is 9.69 Å². The highest BCUT2D eigenvalue weighted by atomic mass is 16.5. The predicted molar refractivity (Wildman–Crippen MR) is 78.9 cm³/mol. The molecule has 6 heteroatoms. The van der Waals surface area contributed by atoms with Gasteiger partial charge in [0, 0.05) is 12.6 Å². The van der Waals surface area contributed by atoms with Gasteiger partial charge in [0.1, 0.15) is 17.4 Å². The van der Waals surface area contributed by atoms with Gasteiger partial charge in [0.2, 0.25) is 0 Å². The highest BCUT2D eigenvalue weighted by molar-refractivity contribution is 6.11. The SMILES string of the molecule is CN1C(=O)NC(C2=CC(C)(C)Oc3ccc(C#N)cc32)C1=O. The average Bonchev–Trinajstić information content (AvgIpc) is 2.72. The first-order valence-electron chi connectivity index (χ1n) is 6.87. The molecular formula is C16H15N3O3. The van der Waals surface area contributed by atoms with Gasteiger partial charge in [0.25, 0.3) is 5.91 Å². The molecule has 2 heterocycles. The van der Waals surface area contributed by atoms with Crippen LogP contribution in [0.5, 0.6) is 5.75 Å². The van der Waals surface area contributed by atoms with Crippen LogP contribution in [0.3, 0.4) is 0 Å². The van der Waals surface area contributed by atoms with E-state index in [0.29, 0.717) is 22.4 Å². The lowest BCUT2D eigenvalue weighted by Gasteiger charge is -2.32. The molecule has 3 amide bonds. The van der Waals surface area contributed by atoms with E-state index in [4.69, 9.17) is 10.00 Å². The fourth-order valence-corrected chi connectivity index (χ4v) is 2.70. The first-order chi connectivity index (χ1) is 10.3. The molecule has 1 aromatic carbocycles. The van der Waals surface area contributed by atoms with E-state index in [9.17, 15) is 9.59 Å². The zero-order valence-corrected chi connectivity index (χ0v) is 12.5. The minimum atomic E-state index is -0.756. The number of nitrogens with one attached hydrogen (secondary N) is 1. The molecule has 2 aliphatic rings. The molecule has 22 heavy (non-hydrogen) atoms. The van der Waals surface area contributed by atoms with Gasteiger partial charge in [-0.2, -0.15) is 5.26 Å². The summed E-state index contributed by atoms with van der Waals surface area (Å²) in [5, 5.41) is 11.7. The number of fused-ring (bicyclic) bond motifs is 1. The number of hydrogen-bond acceptors (Lipinski definition) is 4. The van der Waals surface area contributed by atoms with E-state index in [0.717, 1.165) is 4.90 Å². The van der Waals surface area contributed by atoms with Gasteiger partial charge in [0.05, 0.1) is 11.6 Å². The van der Waals surface area contributed by atoms with Crippen molar-refractivity contribution >= 4 is 17.5 Å². The zero-order valence-electron chi connectivity index (χ0n) is 12.5. The number of carbonyl (C=O) groups is 2. The Hall–Kier alpha value is -2.81. The van der Waals surface area contributed by atoms with Crippen molar-refractivity contribution in [1.29, 1.82) is 5.26 Å². The molecule has 1 fully saturated rings. The number of imide groups is 1. The lowest BCUT2D eigenvalue weighted by atomic mass is 9.89. The van der Waals surface area contributed by atoms with E-state index in [1.165, 1.54) is 7.05 Å². The summed E-state index contributed by atoms with van der Waals surface area (Å²) in [5.74, 6) is 0.278. The van der Waals surface area contributed by atoms with Crippen molar-refractivity contribution in [2.45, 2.75) is 25.5 Å². The number of rotatable bonds is 1. The molecule has 0 spiro atoms. The number of benzene rings is 1. The molecule has 0 aliphatic carbocycles. The van der Waals surface area contributed by atoms with Crippen molar-refractivity contribution in [2.24, 2.45) is 0 Å². The molecule has 3 rings (SSSR count). The van der Waals surface area contributed by atoms with Crippen LogP contribution in [0.2, 0.25) is 0 Å². The van der Waals surface area contributed by atoms with Crippen LogP contribution < -0.4 is 10.1 Å². The minimum Gasteiger partial charge on any atom is -0.483 e. The molecule has 112 valence electrons. The topological polar surface area (TPSA) is 82.4 Å². The monoisotopic (exact) mass is 297 g/mol. The summed E-state index contributed by atoms with van der Waals surface area (Å²) in [6.45, 7) is 3.75. The van der Waals surface area contributed by atoms with Gasteiger partial charge >= 0.3 is 6.03 Å². The molecule has 1 aromatic rings. The summed E-state index contributed by atoms with van der Waals surface area (Å²) < 4.78 is 5.87. The smallest absolute Gasteiger partial charge is 0.324 e. The van der Waals surface area contributed by atoms with E-state index in [-0.39, 0.29) is 5.91 Å². The van der Waals surface area contributed by atoms with E-state index >= 15 is 0 Å². The second-order valence-electron chi connectivity index (χ2n) is 5.91. The molecule has 0 saturated carbocycles. The van der Waals surface area contributed by atoms with Gasteiger partial charge < -0.3 is 10.1 Å². The minimum absolute atomic E-state index is 0.317. The van der Waals surface area contributed by atoms with Crippen LogP contribution in [0.25, 0.3) is 5.57 Å². The van der Waals surface area contributed by atoms with Crippen LogP contribution in [0.4, 0.5) is 4.79 Å². The summed E-state index contributed by atoms with van der Waals surface area (Å²) in [4.78, 5) is 25.1. The molecule has 6 nitrogen and oxygen atoms in total. The molecule has 1 unspecified atom stereocenters.